The molecule has 2 fully saturated rings. The van der Waals surface area contributed by atoms with Gasteiger partial charge >= 0.3 is 0 Å². The van der Waals surface area contributed by atoms with Crippen molar-refractivity contribution in [1.82, 2.24) is 10.2 Å². The van der Waals surface area contributed by atoms with Gasteiger partial charge in [-0.2, -0.15) is 0 Å². The molecule has 2 unspecified atom stereocenters. The van der Waals surface area contributed by atoms with Crippen molar-refractivity contribution in [1.29, 1.82) is 0 Å². The van der Waals surface area contributed by atoms with Crippen LogP contribution >= 0.6 is 0 Å². The highest BCUT2D eigenvalue weighted by Gasteiger charge is 2.30. The lowest BCUT2D eigenvalue weighted by Crippen LogP contribution is -2.56. The van der Waals surface area contributed by atoms with Gasteiger partial charge in [-0.05, 0) is 20.0 Å². The number of likely N-dealkylation sites (tertiary alicyclic amines) is 1. The van der Waals surface area contributed by atoms with Gasteiger partial charge in [-0.3, -0.25) is 0 Å². The number of nitrogens with zero attached hydrogens (tertiary/aromatic N) is 1. The number of morpholine rings is 1. The van der Waals surface area contributed by atoms with E-state index in [0.29, 0.717) is 12.1 Å². The van der Waals surface area contributed by atoms with Crippen molar-refractivity contribution < 1.29 is 4.74 Å². The lowest BCUT2D eigenvalue weighted by atomic mass is 10.0. The zero-order valence-corrected chi connectivity index (χ0v) is 7.05. The SMILES string of the molecule is CN1CCC2NCCOC2C1. The maximum Gasteiger partial charge on any atom is 0.0855 e. The molecule has 2 heterocycles. The van der Waals surface area contributed by atoms with E-state index < -0.39 is 0 Å². The molecule has 11 heavy (non-hydrogen) atoms. The van der Waals surface area contributed by atoms with Gasteiger partial charge in [0.2, 0.25) is 0 Å². The number of rotatable bonds is 0. The van der Waals surface area contributed by atoms with Crippen LogP contribution in [0.1, 0.15) is 6.42 Å². The Morgan fingerprint density at radius 1 is 1.55 bits per heavy atom. The van der Waals surface area contributed by atoms with Crippen LogP contribution < -0.4 is 5.32 Å². The average Bonchev–Trinajstić information content (AvgIpc) is 2.04. The zero-order valence-electron chi connectivity index (χ0n) is 7.05. The Hall–Kier alpha value is -0.120. The van der Waals surface area contributed by atoms with Gasteiger partial charge in [0.05, 0.1) is 12.7 Å². The standard InChI is InChI=1S/C8H16N2O/c1-10-4-2-7-8(6-10)11-5-3-9-7/h7-9H,2-6H2,1H3. The van der Waals surface area contributed by atoms with E-state index >= 15 is 0 Å². The molecule has 2 saturated heterocycles. The van der Waals surface area contributed by atoms with Gasteiger partial charge in [-0.1, -0.05) is 0 Å². The summed E-state index contributed by atoms with van der Waals surface area (Å²) < 4.78 is 5.65. The molecule has 64 valence electrons. The molecule has 2 aliphatic rings. The number of ether oxygens (including phenoxy) is 1. The van der Waals surface area contributed by atoms with E-state index in [1.165, 1.54) is 13.0 Å². The molecular formula is C8H16N2O. The molecule has 0 aromatic rings. The minimum atomic E-state index is 0.447. The number of hydrogen-bond donors (Lipinski definition) is 1. The highest BCUT2D eigenvalue weighted by Crippen LogP contribution is 2.14. The highest BCUT2D eigenvalue weighted by molar-refractivity contribution is 4.87. The normalized spacial score (nSPS) is 40.1. The maximum absolute atomic E-state index is 5.65. The van der Waals surface area contributed by atoms with Crippen molar-refractivity contribution in [2.24, 2.45) is 0 Å². The summed E-state index contributed by atoms with van der Waals surface area (Å²) in [7, 11) is 2.16. The van der Waals surface area contributed by atoms with Crippen molar-refractivity contribution in [2.45, 2.75) is 18.6 Å². The average molecular weight is 156 g/mol. The molecule has 0 spiro atoms. The topological polar surface area (TPSA) is 24.5 Å². The third-order valence-corrected chi connectivity index (χ3v) is 2.60. The highest BCUT2D eigenvalue weighted by atomic mass is 16.5. The van der Waals surface area contributed by atoms with E-state index in [0.717, 1.165) is 19.7 Å². The summed E-state index contributed by atoms with van der Waals surface area (Å²) >= 11 is 0. The molecule has 3 nitrogen and oxygen atoms in total. The van der Waals surface area contributed by atoms with Gasteiger partial charge in [0.1, 0.15) is 0 Å². The fraction of sp³-hybridized carbons (Fsp3) is 1.00. The lowest BCUT2D eigenvalue weighted by molar-refractivity contribution is -0.0417. The molecule has 0 aliphatic carbocycles. The number of piperidine rings is 1. The van der Waals surface area contributed by atoms with Crippen LogP contribution in [0, 0.1) is 0 Å². The first-order valence-electron chi connectivity index (χ1n) is 4.40. The van der Waals surface area contributed by atoms with Crippen molar-refractivity contribution >= 4 is 0 Å². The molecule has 0 aromatic carbocycles. The Labute approximate surface area is 67.7 Å². The van der Waals surface area contributed by atoms with Crippen molar-refractivity contribution in [3.8, 4) is 0 Å². The van der Waals surface area contributed by atoms with Crippen LogP contribution in [0.15, 0.2) is 0 Å². The van der Waals surface area contributed by atoms with Crippen LogP contribution in [0.2, 0.25) is 0 Å². The molecule has 2 atom stereocenters. The first-order valence-corrected chi connectivity index (χ1v) is 4.40. The first-order chi connectivity index (χ1) is 5.36. The third-order valence-electron chi connectivity index (χ3n) is 2.60. The second-order valence-electron chi connectivity index (χ2n) is 3.52. The fourth-order valence-corrected chi connectivity index (χ4v) is 1.93. The zero-order chi connectivity index (χ0) is 7.68. The van der Waals surface area contributed by atoms with Gasteiger partial charge in [0.25, 0.3) is 0 Å². The molecule has 1 N–H and O–H groups in total. The van der Waals surface area contributed by atoms with E-state index in [9.17, 15) is 0 Å². The largest absolute Gasteiger partial charge is 0.374 e. The number of hydrogen-bond acceptors (Lipinski definition) is 3. The maximum atomic E-state index is 5.65. The third kappa shape index (κ3) is 1.55. The van der Waals surface area contributed by atoms with Crippen molar-refractivity contribution in [3.63, 3.8) is 0 Å². The Balaban J connectivity index is 1.93. The van der Waals surface area contributed by atoms with Gasteiger partial charge < -0.3 is 15.0 Å². The van der Waals surface area contributed by atoms with Gasteiger partial charge in [-0.25, -0.2) is 0 Å². The van der Waals surface area contributed by atoms with Crippen LogP contribution in [0.3, 0.4) is 0 Å². The quantitative estimate of drug-likeness (QED) is 0.520. The van der Waals surface area contributed by atoms with Gasteiger partial charge in [-0.15, -0.1) is 0 Å². The van der Waals surface area contributed by atoms with Gasteiger partial charge in [0.15, 0.2) is 0 Å². The van der Waals surface area contributed by atoms with Crippen LogP contribution in [0.4, 0.5) is 0 Å². The summed E-state index contributed by atoms with van der Waals surface area (Å²) in [5.41, 5.74) is 0. The minimum absolute atomic E-state index is 0.447. The smallest absolute Gasteiger partial charge is 0.0855 e. The summed E-state index contributed by atoms with van der Waals surface area (Å²) in [6, 6.07) is 0.625. The van der Waals surface area contributed by atoms with Crippen LogP contribution in [0.25, 0.3) is 0 Å². The van der Waals surface area contributed by atoms with E-state index in [2.05, 4.69) is 17.3 Å². The summed E-state index contributed by atoms with van der Waals surface area (Å²) in [6.07, 6.45) is 1.68. The molecule has 2 aliphatic heterocycles. The summed E-state index contributed by atoms with van der Waals surface area (Å²) in [5, 5.41) is 3.49. The number of fused-ring (bicyclic) bond motifs is 1. The summed E-state index contributed by atoms with van der Waals surface area (Å²) in [5.74, 6) is 0. The van der Waals surface area contributed by atoms with E-state index in [-0.39, 0.29) is 0 Å². The Bertz CT molecular complexity index is 140. The second-order valence-corrected chi connectivity index (χ2v) is 3.52. The predicted molar refractivity (Wildman–Crippen MR) is 43.6 cm³/mol. The van der Waals surface area contributed by atoms with Crippen LogP contribution in [-0.4, -0.2) is 50.3 Å². The van der Waals surface area contributed by atoms with Crippen molar-refractivity contribution in [2.75, 3.05) is 33.3 Å². The van der Waals surface area contributed by atoms with E-state index in [4.69, 9.17) is 4.74 Å². The monoisotopic (exact) mass is 156 g/mol. The summed E-state index contributed by atoms with van der Waals surface area (Å²) in [4.78, 5) is 2.34. The number of nitrogens with one attached hydrogen (secondary N) is 1. The molecule has 0 aromatic heterocycles. The molecular weight excluding hydrogens is 140 g/mol. The lowest BCUT2D eigenvalue weighted by Gasteiger charge is -2.40. The molecule has 0 saturated carbocycles. The van der Waals surface area contributed by atoms with Crippen LogP contribution in [-0.2, 0) is 4.74 Å². The first kappa shape index (κ1) is 7.53. The van der Waals surface area contributed by atoms with E-state index in [1.54, 1.807) is 0 Å². The Kier molecular flexibility index (Phi) is 2.11. The molecule has 0 amide bonds. The molecule has 0 radical (unpaired) electrons. The summed E-state index contributed by atoms with van der Waals surface area (Å²) in [6.45, 7) is 4.22. The fourth-order valence-electron chi connectivity index (χ4n) is 1.93. The molecule has 3 heteroatoms. The molecule has 2 rings (SSSR count). The Morgan fingerprint density at radius 3 is 3.36 bits per heavy atom. The minimum Gasteiger partial charge on any atom is -0.374 e. The second kappa shape index (κ2) is 3.09. The van der Waals surface area contributed by atoms with Crippen LogP contribution in [0.5, 0.6) is 0 Å². The van der Waals surface area contributed by atoms with E-state index in [1.807, 2.05) is 0 Å². The Morgan fingerprint density at radius 2 is 2.45 bits per heavy atom. The van der Waals surface area contributed by atoms with Gasteiger partial charge in [0, 0.05) is 19.1 Å². The predicted octanol–water partition coefficient (Wildman–Crippen LogP) is -0.321. The number of likely N-dealkylation sites (N-methyl/N-ethyl adjacent to an activating group) is 1. The molecule has 0 bridgehead atoms. The van der Waals surface area contributed by atoms with Crippen molar-refractivity contribution in [3.05, 3.63) is 0 Å².